The lowest BCUT2D eigenvalue weighted by molar-refractivity contribution is 0.369. The molecule has 0 bridgehead atoms. The fraction of sp³-hybridized carbons (Fsp3) is 0.400. The van der Waals surface area contributed by atoms with Crippen molar-refractivity contribution < 1.29 is 5.11 Å². The summed E-state index contributed by atoms with van der Waals surface area (Å²) in [6.07, 6.45) is 2.15. The van der Waals surface area contributed by atoms with E-state index in [0.717, 1.165) is 0 Å². The van der Waals surface area contributed by atoms with Crippen LogP contribution in [0.5, 0.6) is 6.01 Å². The first-order valence-corrected chi connectivity index (χ1v) is 5.78. The molecule has 2 heterocycles. The quantitative estimate of drug-likeness (QED) is 0.523. The largest absolute Gasteiger partial charge is 0.480 e. The molecule has 0 fully saturated rings. The maximum absolute atomic E-state index is 9.86. The summed E-state index contributed by atoms with van der Waals surface area (Å²) in [6, 6.07) is 1.35. The number of hydrogen-bond donors (Lipinski definition) is 1. The van der Waals surface area contributed by atoms with Crippen LogP contribution in [0.15, 0.2) is 17.4 Å². The van der Waals surface area contributed by atoms with Gasteiger partial charge in [-0.15, -0.1) is 0 Å². The van der Waals surface area contributed by atoms with Gasteiger partial charge in [-0.05, 0) is 18.0 Å². The molecule has 7 nitrogen and oxygen atoms in total. The molecule has 0 aliphatic carbocycles. The molecule has 2 rings (SSSR count). The minimum Gasteiger partial charge on any atom is -0.480 e. The van der Waals surface area contributed by atoms with Crippen molar-refractivity contribution in [1.82, 2.24) is 14.5 Å². The first kappa shape index (κ1) is 12.5. The Hall–Kier alpha value is -1.98. The zero-order valence-corrected chi connectivity index (χ0v) is 10.4. The van der Waals surface area contributed by atoms with E-state index < -0.39 is 0 Å². The second-order valence-electron chi connectivity index (χ2n) is 3.75. The van der Waals surface area contributed by atoms with Crippen molar-refractivity contribution in [3.05, 3.63) is 27.7 Å². The minimum absolute atomic E-state index is 0.153. The normalized spacial score (nSPS) is 12.3. The molecule has 2 aromatic heterocycles. The maximum Gasteiger partial charge on any atom is 0.296 e. The van der Waals surface area contributed by atoms with Crippen molar-refractivity contribution in [3.63, 3.8) is 0 Å². The first-order chi connectivity index (χ1) is 8.67. The van der Waals surface area contributed by atoms with Crippen LogP contribution in [0.1, 0.15) is 19.4 Å². The van der Waals surface area contributed by atoms with Gasteiger partial charge in [-0.1, -0.05) is 23.6 Å². The van der Waals surface area contributed by atoms with E-state index in [4.69, 9.17) is 17.1 Å². The molecule has 0 aliphatic heterocycles. The highest BCUT2D eigenvalue weighted by Gasteiger charge is 2.18. The van der Waals surface area contributed by atoms with Gasteiger partial charge >= 0.3 is 0 Å². The molecule has 1 N–H and O–H groups in total. The van der Waals surface area contributed by atoms with E-state index in [0.29, 0.717) is 22.6 Å². The van der Waals surface area contributed by atoms with Crippen molar-refractivity contribution in [2.24, 2.45) is 5.11 Å². The Morgan fingerprint density at radius 2 is 2.44 bits per heavy atom. The number of pyridine rings is 1. The van der Waals surface area contributed by atoms with Gasteiger partial charge < -0.3 is 5.11 Å². The Morgan fingerprint density at radius 3 is 3.11 bits per heavy atom. The number of azide groups is 1. The zero-order chi connectivity index (χ0) is 13.1. The van der Waals surface area contributed by atoms with Crippen molar-refractivity contribution in [3.8, 4) is 6.01 Å². The van der Waals surface area contributed by atoms with Gasteiger partial charge in [0.15, 0.2) is 5.65 Å². The average Bonchev–Trinajstić information content (AvgIpc) is 2.67. The minimum atomic E-state index is -0.175. The van der Waals surface area contributed by atoms with E-state index in [1.54, 1.807) is 10.6 Å². The highest BCUT2D eigenvalue weighted by molar-refractivity contribution is 6.31. The number of nitrogens with zero attached hydrogens (tertiary/aromatic N) is 6. The fourth-order valence-electron chi connectivity index (χ4n) is 1.83. The maximum atomic E-state index is 9.86. The summed E-state index contributed by atoms with van der Waals surface area (Å²) in [7, 11) is 0. The van der Waals surface area contributed by atoms with E-state index in [2.05, 4.69) is 20.0 Å². The topological polar surface area (TPSA) is 99.7 Å². The van der Waals surface area contributed by atoms with Crippen LogP contribution in [0.3, 0.4) is 0 Å². The predicted molar refractivity (Wildman–Crippen MR) is 67.5 cm³/mol. The van der Waals surface area contributed by atoms with Crippen molar-refractivity contribution in [2.45, 2.75) is 19.4 Å². The Kier molecular flexibility index (Phi) is 3.55. The van der Waals surface area contributed by atoms with Crippen LogP contribution in [0.4, 0.5) is 0 Å². The van der Waals surface area contributed by atoms with Crippen molar-refractivity contribution >= 4 is 22.8 Å². The number of fused-ring (bicyclic) bond motifs is 1. The van der Waals surface area contributed by atoms with Crippen molar-refractivity contribution in [2.75, 3.05) is 6.54 Å². The molecular formula is C10H11ClN6O. The van der Waals surface area contributed by atoms with Gasteiger partial charge in [0.2, 0.25) is 0 Å². The number of rotatable bonds is 4. The first-order valence-electron chi connectivity index (χ1n) is 5.40. The highest BCUT2D eigenvalue weighted by Crippen LogP contribution is 2.27. The molecule has 1 atom stereocenters. The Bertz CT molecular complexity index is 618. The smallest absolute Gasteiger partial charge is 0.296 e. The second kappa shape index (κ2) is 5.12. The van der Waals surface area contributed by atoms with Crippen molar-refractivity contribution in [1.29, 1.82) is 0 Å². The third-order valence-electron chi connectivity index (χ3n) is 2.69. The van der Waals surface area contributed by atoms with Crippen LogP contribution >= 0.6 is 11.6 Å². The standard InChI is InChI=1S/C10H11ClN6O/c1-2-7(5-14-16-12)17-8-3-6(11)4-13-9(8)15-10(17)18/h3-4,7H,2,5H2,1H3,(H,13,15,18)/t7-/m1/s1. The second-order valence-corrected chi connectivity index (χ2v) is 4.19. The molecular weight excluding hydrogens is 256 g/mol. The molecule has 8 heteroatoms. The van der Waals surface area contributed by atoms with Gasteiger partial charge in [-0.25, -0.2) is 4.98 Å². The lowest BCUT2D eigenvalue weighted by atomic mass is 10.2. The van der Waals surface area contributed by atoms with E-state index >= 15 is 0 Å². The summed E-state index contributed by atoms with van der Waals surface area (Å²) in [6.45, 7) is 2.17. The van der Waals surface area contributed by atoms with Gasteiger partial charge in [0.25, 0.3) is 6.01 Å². The monoisotopic (exact) mass is 266 g/mol. The molecule has 0 saturated heterocycles. The van der Waals surface area contributed by atoms with E-state index in [9.17, 15) is 5.11 Å². The number of aromatic nitrogens is 3. The summed E-state index contributed by atoms with van der Waals surface area (Å²) < 4.78 is 1.59. The van der Waals surface area contributed by atoms with Crippen LogP contribution in [0.25, 0.3) is 21.6 Å². The average molecular weight is 267 g/mol. The molecule has 0 amide bonds. The molecule has 2 aromatic rings. The van der Waals surface area contributed by atoms with Crippen LogP contribution in [0.2, 0.25) is 5.02 Å². The van der Waals surface area contributed by atoms with Gasteiger partial charge in [-0.2, -0.15) is 4.98 Å². The summed E-state index contributed by atoms with van der Waals surface area (Å²) in [4.78, 5) is 10.7. The fourth-order valence-corrected chi connectivity index (χ4v) is 1.98. The van der Waals surface area contributed by atoms with Gasteiger partial charge in [0.05, 0.1) is 10.5 Å². The van der Waals surface area contributed by atoms with Gasteiger partial charge in [0, 0.05) is 23.7 Å². The summed E-state index contributed by atoms with van der Waals surface area (Å²) in [5.41, 5.74) is 9.41. The zero-order valence-electron chi connectivity index (χ0n) is 9.65. The van der Waals surface area contributed by atoms with E-state index in [1.807, 2.05) is 6.92 Å². The van der Waals surface area contributed by atoms with Gasteiger partial charge in [-0.3, -0.25) is 4.57 Å². The third-order valence-corrected chi connectivity index (χ3v) is 2.89. The van der Waals surface area contributed by atoms with Crippen LogP contribution in [0, 0.1) is 0 Å². The van der Waals surface area contributed by atoms with Crippen LogP contribution < -0.4 is 0 Å². The molecule has 18 heavy (non-hydrogen) atoms. The summed E-state index contributed by atoms with van der Waals surface area (Å²) >= 11 is 5.88. The lowest BCUT2D eigenvalue weighted by Gasteiger charge is -2.15. The predicted octanol–water partition coefficient (Wildman–Crippen LogP) is 3.05. The molecule has 94 valence electrons. The Labute approximate surface area is 108 Å². The van der Waals surface area contributed by atoms with Crippen LogP contribution in [-0.2, 0) is 0 Å². The third kappa shape index (κ3) is 2.18. The number of hydrogen-bond acceptors (Lipinski definition) is 4. The summed E-state index contributed by atoms with van der Waals surface area (Å²) in [5.74, 6) is 0. The Morgan fingerprint density at radius 1 is 1.67 bits per heavy atom. The van der Waals surface area contributed by atoms with Gasteiger partial charge in [0.1, 0.15) is 0 Å². The molecule has 0 unspecified atom stereocenters. The van der Waals surface area contributed by atoms with Crippen LogP contribution in [-0.4, -0.2) is 26.2 Å². The lowest BCUT2D eigenvalue weighted by Crippen LogP contribution is -2.10. The SMILES string of the molecule is CC[C@H](CN=[N+]=[N-])n1c(O)nc2ncc(Cl)cc21. The number of imidazole rings is 1. The highest BCUT2D eigenvalue weighted by atomic mass is 35.5. The molecule has 0 spiro atoms. The van der Waals surface area contributed by atoms with E-state index in [1.165, 1.54) is 6.20 Å². The molecule has 0 radical (unpaired) electrons. The van der Waals surface area contributed by atoms with E-state index in [-0.39, 0.29) is 18.6 Å². The number of aromatic hydroxyl groups is 1. The molecule has 0 saturated carbocycles. The molecule has 0 aliphatic rings. The number of halogens is 1. The molecule has 0 aromatic carbocycles. The Balaban J connectivity index is 2.56. The summed E-state index contributed by atoms with van der Waals surface area (Å²) in [5, 5.41) is 13.9.